The number of aliphatic hydroxyl groups excluding tert-OH is 1. The van der Waals surface area contributed by atoms with Crippen LogP contribution in [0.15, 0.2) is 0 Å². The Kier molecular flexibility index (Phi) is 15.3. The number of carbonyl (C=O) groups is 1. The molecule has 92 valence electrons. The number of aliphatic hydroxyl groups is 1. The van der Waals surface area contributed by atoms with Crippen molar-refractivity contribution >= 4 is 5.78 Å². The van der Waals surface area contributed by atoms with E-state index in [0.29, 0.717) is 32.7 Å². The average Bonchev–Trinajstić information content (AvgIpc) is 2.28. The molecule has 0 fully saturated rings. The van der Waals surface area contributed by atoms with Gasteiger partial charge in [-0.3, -0.25) is 9.69 Å². The Morgan fingerprint density at radius 2 is 1.93 bits per heavy atom. The number of methoxy groups -OCH3 is 1. The normalized spacial score (nSPS) is 9.73. The fourth-order valence-electron chi connectivity index (χ4n) is 0.993. The first-order chi connectivity index (χ1) is 7.24. The minimum atomic E-state index is 0.0840. The minimum absolute atomic E-state index is 0.0840. The van der Waals surface area contributed by atoms with Crippen molar-refractivity contribution < 1.29 is 14.6 Å². The zero-order valence-electron chi connectivity index (χ0n) is 10.5. The van der Waals surface area contributed by atoms with E-state index in [9.17, 15) is 4.79 Å². The van der Waals surface area contributed by atoms with Crippen LogP contribution >= 0.6 is 0 Å². The van der Waals surface area contributed by atoms with Crippen LogP contribution in [-0.4, -0.2) is 55.7 Å². The van der Waals surface area contributed by atoms with E-state index in [1.165, 1.54) is 0 Å². The number of ether oxygens (including phenoxy) is 1. The van der Waals surface area contributed by atoms with E-state index in [1.54, 1.807) is 7.11 Å². The predicted molar refractivity (Wildman–Crippen MR) is 62.0 cm³/mol. The maximum absolute atomic E-state index is 11.1. The molecule has 0 saturated carbocycles. The van der Waals surface area contributed by atoms with Gasteiger partial charge in [0, 0.05) is 26.6 Å². The summed E-state index contributed by atoms with van der Waals surface area (Å²) in [5, 5.41) is 8.73. The van der Waals surface area contributed by atoms with Crippen molar-refractivity contribution in [1.29, 1.82) is 0 Å². The summed E-state index contributed by atoms with van der Waals surface area (Å²) in [5.74, 6) is 0.199. The van der Waals surface area contributed by atoms with E-state index in [2.05, 4.69) is 0 Å². The summed E-state index contributed by atoms with van der Waals surface area (Å²) < 4.78 is 4.90. The topological polar surface area (TPSA) is 49.8 Å². The summed E-state index contributed by atoms with van der Waals surface area (Å²) in [4.78, 5) is 13.0. The zero-order chi connectivity index (χ0) is 12.1. The smallest absolute Gasteiger partial charge is 0.146 e. The Bertz CT molecular complexity index is 140. The second-order valence-corrected chi connectivity index (χ2v) is 2.88. The van der Waals surface area contributed by atoms with Crippen molar-refractivity contribution in [2.45, 2.75) is 27.2 Å². The van der Waals surface area contributed by atoms with Crippen molar-refractivity contribution in [3.8, 4) is 0 Å². The zero-order valence-corrected chi connectivity index (χ0v) is 10.5. The Hall–Kier alpha value is -0.450. The number of hydrogen-bond donors (Lipinski definition) is 1. The van der Waals surface area contributed by atoms with Crippen molar-refractivity contribution in [2.24, 2.45) is 0 Å². The van der Waals surface area contributed by atoms with Gasteiger partial charge in [-0.15, -0.1) is 0 Å². The Balaban J connectivity index is 0. The van der Waals surface area contributed by atoms with Crippen LogP contribution in [0.25, 0.3) is 0 Å². The van der Waals surface area contributed by atoms with Gasteiger partial charge in [-0.1, -0.05) is 20.8 Å². The van der Waals surface area contributed by atoms with Crippen LogP contribution < -0.4 is 0 Å². The molecule has 0 aliphatic heterocycles. The molecule has 4 nitrogen and oxygen atoms in total. The summed E-state index contributed by atoms with van der Waals surface area (Å²) >= 11 is 0. The number of carbonyl (C=O) groups excluding carboxylic acids is 1. The highest BCUT2D eigenvalue weighted by molar-refractivity contribution is 5.80. The third-order valence-electron chi connectivity index (χ3n) is 1.82. The lowest BCUT2D eigenvalue weighted by atomic mass is 10.3. The molecule has 0 aromatic heterocycles. The molecule has 0 aliphatic carbocycles. The predicted octanol–water partition coefficient (Wildman–Crippen LogP) is 0.932. The lowest BCUT2D eigenvalue weighted by Gasteiger charge is -2.19. The number of nitrogens with zero attached hydrogens (tertiary/aromatic N) is 1. The fraction of sp³-hybridized carbons (Fsp3) is 0.909. The second-order valence-electron chi connectivity index (χ2n) is 2.88. The van der Waals surface area contributed by atoms with Crippen molar-refractivity contribution in [3.05, 3.63) is 0 Å². The largest absolute Gasteiger partial charge is 0.395 e. The van der Waals surface area contributed by atoms with Gasteiger partial charge in [-0.2, -0.15) is 0 Å². The van der Waals surface area contributed by atoms with Crippen LogP contribution in [0.4, 0.5) is 0 Å². The molecule has 0 saturated heterocycles. The van der Waals surface area contributed by atoms with Gasteiger partial charge in [0.2, 0.25) is 0 Å². The van der Waals surface area contributed by atoms with Gasteiger partial charge < -0.3 is 9.84 Å². The highest BCUT2D eigenvalue weighted by Gasteiger charge is 2.07. The summed E-state index contributed by atoms with van der Waals surface area (Å²) in [6.45, 7) is 8.17. The van der Waals surface area contributed by atoms with Crippen LogP contribution in [0.1, 0.15) is 27.2 Å². The second kappa shape index (κ2) is 13.5. The Morgan fingerprint density at radius 3 is 2.33 bits per heavy atom. The molecule has 15 heavy (non-hydrogen) atoms. The molecule has 0 aromatic rings. The quantitative estimate of drug-likeness (QED) is 0.660. The Labute approximate surface area is 93.2 Å². The number of Topliss-reactive ketones (excluding diaryl/α,β-unsaturated/α-hetero) is 1. The van der Waals surface area contributed by atoms with Crippen LogP contribution in [-0.2, 0) is 9.53 Å². The maximum Gasteiger partial charge on any atom is 0.146 e. The summed E-state index contributed by atoms with van der Waals surface area (Å²) in [5.41, 5.74) is 0. The SMILES string of the molecule is CC.CCC(=O)CN(CCO)CCOC. The monoisotopic (exact) mass is 219 g/mol. The average molecular weight is 219 g/mol. The van der Waals surface area contributed by atoms with Gasteiger partial charge in [0.25, 0.3) is 0 Å². The highest BCUT2D eigenvalue weighted by atomic mass is 16.5. The summed E-state index contributed by atoms with van der Waals surface area (Å²) in [6.07, 6.45) is 0.551. The molecule has 0 amide bonds. The molecule has 0 radical (unpaired) electrons. The standard InChI is InChI=1S/C9H19NO3.C2H6/c1-3-9(12)8-10(4-6-11)5-7-13-2;1-2/h11H,3-8H2,1-2H3;1-2H3. The molecule has 0 unspecified atom stereocenters. The van der Waals surface area contributed by atoms with Gasteiger partial charge in [-0.05, 0) is 0 Å². The molecule has 0 aromatic carbocycles. The molecule has 0 bridgehead atoms. The third kappa shape index (κ3) is 11.5. The van der Waals surface area contributed by atoms with E-state index in [-0.39, 0.29) is 12.4 Å². The molecular weight excluding hydrogens is 194 g/mol. The first-order valence-electron chi connectivity index (χ1n) is 5.58. The molecule has 0 atom stereocenters. The van der Waals surface area contributed by atoms with Crippen LogP contribution in [0.2, 0.25) is 0 Å². The first kappa shape index (κ1) is 17.0. The van der Waals surface area contributed by atoms with Crippen LogP contribution in [0, 0.1) is 0 Å². The minimum Gasteiger partial charge on any atom is -0.395 e. The molecule has 4 heteroatoms. The summed E-state index contributed by atoms with van der Waals surface area (Å²) in [6, 6.07) is 0. The molecule has 1 N–H and O–H groups in total. The first-order valence-corrected chi connectivity index (χ1v) is 5.58. The van der Waals surface area contributed by atoms with E-state index >= 15 is 0 Å². The van der Waals surface area contributed by atoms with Crippen LogP contribution in [0.3, 0.4) is 0 Å². The number of hydrogen-bond acceptors (Lipinski definition) is 4. The van der Waals surface area contributed by atoms with Gasteiger partial charge in [0.05, 0.1) is 19.8 Å². The number of rotatable bonds is 8. The fourth-order valence-corrected chi connectivity index (χ4v) is 0.993. The van der Waals surface area contributed by atoms with Crippen molar-refractivity contribution in [3.63, 3.8) is 0 Å². The lowest BCUT2D eigenvalue weighted by molar-refractivity contribution is -0.120. The third-order valence-corrected chi connectivity index (χ3v) is 1.82. The molecule has 0 rings (SSSR count). The molecular formula is C11H25NO3. The van der Waals surface area contributed by atoms with E-state index in [4.69, 9.17) is 9.84 Å². The van der Waals surface area contributed by atoms with Gasteiger partial charge in [0.15, 0.2) is 0 Å². The van der Waals surface area contributed by atoms with Crippen LogP contribution in [0.5, 0.6) is 0 Å². The lowest BCUT2D eigenvalue weighted by Crippen LogP contribution is -2.34. The molecule has 0 spiro atoms. The van der Waals surface area contributed by atoms with Gasteiger partial charge in [0.1, 0.15) is 5.78 Å². The van der Waals surface area contributed by atoms with E-state index < -0.39 is 0 Å². The van der Waals surface area contributed by atoms with E-state index in [0.717, 1.165) is 0 Å². The van der Waals surface area contributed by atoms with Crippen molar-refractivity contribution in [1.82, 2.24) is 4.90 Å². The van der Waals surface area contributed by atoms with Gasteiger partial charge in [-0.25, -0.2) is 0 Å². The van der Waals surface area contributed by atoms with Gasteiger partial charge >= 0.3 is 0 Å². The Morgan fingerprint density at radius 1 is 1.33 bits per heavy atom. The highest BCUT2D eigenvalue weighted by Crippen LogP contribution is 1.91. The van der Waals surface area contributed by atoms with Crippen molar-refractivity contribution in [2.75, 3.05) is 40.0 Å². The maximum atomic E-state index is 11.1. The molecule has 0 heterocycles. The van der Waals surface area contributed by atoms with E-state index in [1.807, 2.05) is 25.7 Å². The molecule has 0 aliphatic rings. The summed E-state index contributed by atoms with van der Waals surface area (Å²) in [7, 11) is 1.62. The number of ketones is 1.